The fourth-order valence-corrected chi connectivity index (χ4v) is 2.82. The third-order valence-corrected chi connectivity index (χ3v) is 4.30. The number of aliphatic hydroxyl groups excluding tert-OH is 3. The number of alkyl halides is 3. The summed E-state index contributed by atoms with van der Waals surface area (Å²) >= 11 is 0. The molecule has 2 heterocycles. The van der Waals surface area contributed by atoms with Crippen LogP contribution in [-0.2, 0) is 10.9 Å². The smallest absolute Gasteiger partial charge is 0.394 e. The largest absolute Gasteiger partial charge is 0.434 e. The zero-order valence-corrected chi connectivity index (χ0v) is 14.9. The molecule has 0 aliphatic carbocycles. The molecule has 1 aromatic carbocycles. The van der Waals surface area contributed by atoms with Crippen LogP contribution in [0.2, 0.25) is 0 Å². The van der Waals surface area contributed by atoms with Crippen LogP contribution in [0, 0.1) is 11.8 Å². The van der Waals surface area contributed by atoms with Gasteiger partial charge in [0.1, 0.15) is 30.2 Å². The summed E-state index contributed by atoms with van der Waals surface area (Å²) in [7, 11) is 0. The van der Waals surface area contributed by atoms with E-state index in [0.29, 0.717) is 11.8 Å². The van der Waals surface area contributed by atoms with Gasteiger partial charge in [0.05, 0.1) is 25.0 Å². The molecule has 154 valence electrons. The van der Waals surface area contributed by atoms with E-state index >= 15 is 0 Å². The Morgan fingerprint density at radius 1 is 1.10 bits per heavy atom. The molecule has 0 bridgehead atoms. The molecule has 1 aliphatic heterocycles. The molecule has 4 N–H and O–H groups in total. The summed E-state index contributed by atoms with van der Waals surface area (Å²) in [5.41, 5.74) is -0.565. The normalized spacial score (nSPS) is 27.0. The van der Waals surface area contributed by atoms with E-state index in [1.54, 1.807) is 30.3 Å². The molecule has 2 aromatic rings. The number of halogens is 3. The topological polar surface area (TPSA) is 108 Å². The highest BCUT2D eigenvalue weighted by molar-refractivity contribution is 5.39. The second kappa shape index (κ2) is 8.75. The van der Waals surface area contributed by atoms with Gasteiger partial charge in [0, 0.05) is 5.56 Å². The highest BCUT2D eigenvalue weighted by Crippen LogP contribution is 2.28. The number of aliphatic hydroxyl groups is 3. The molecule has 0 saturated carbocycles. The van der Waals surface area contributed by atoms with Gasteiger partial charge in [-0.25, -0.2) is 4.98 Å². The number of nitrogens with zero attached hydrogens (tertiary/aromatic N) is 2. The summed E-state index contributed by atoms with van der Waals surface area (Å²) in [6, 6.07) is 7.71. The van der Waals surface area contributed by atoms with Crippen molar-refractivity contribution in [3.8, 4) is 11.8 Å². The molecule has 1 fully saturated rings. The van der Waals surface area contributed by atoms with Gasteiger partial charge in [0.15, 0.2) is 5.69 Å². The number of anilines is 1. The average molecular weight is 409 g/mol. The zero-order valence-electron chi connectivity index (χ0n) is 14.9. The second-order valence-corrected chi connectivity index (χ2v) is 6.35. The van der Waals surface area contributed by atoms with Crippen molar-refractivity contribution in [2.45, 2.75) is 36.6 Å². The lowest BCUT2D eigenvalue weighted by Gasteiger charge is -2.41. The maximum absolute atomic E-state index is 12.9. The summed E-state index contributed by atoms with van der Waals surface area (Å²) in [6.07, 6.45) is -8.21. The molecule has 0 spiro atoms. The SMILES string of the molecule is OC[C@H]1O[C@H](C#Cc2ccccc2)[C@H](Nc2cncc(C(F)(F)F)n2)[C@@H](O)[C@H]1O. The Kier molecular flexibility index (Phi) is 6.34. The molecule has 29 heavy (non-hydrogen) atoms. The van der Waals surface area contributed by atoms with Crippen LogP contribution < -0.4 is 5.32 Å². The first-order valence-electron chi connectivity index (χ1n) is 8.64. The van der Waals surface area contributed by atoms with E-state index in [0.717, 1.165) is 6.20 Å². The van der Waals surface area contributed by atoms with Gasteiger partial charge in [0.2, 0.25) is 0 Å². The van der Waals surface area contributed by atoms with Crippen molar-refractivity contribution in [1.29, 1.82) is 0 Å². The van der Waals surface area contributed by atoms with Crippen molar-refractivity contribution in [2.75, 3.05) is 11.9 Å². The van der Waals surface area contributed by atoms with E-state index in [2.05, 4.69) is 27.1 Å². The first-order valence-corrected chi connectivity index (χ1v) is 8.64. The predicted octanol–water partition coefficient (Wildman–Crippen LogP) is 0.809. The minimum Gasteiger partial charge on any atom is -0.394 e. The molecule has 1 aliphatic rings. The molecular weight excluding hydrogens is 391 g/mol. The first kappa shape index (κ1) is 21.0. The molecule has 3 rings (SSSR count). The van der Waals surface area contributed by atoms with E-state index in [1.165, 1.54) is 0 Å². The minimum atomic E-state index is -4.69. The summed E-state index contributed by atoms with van der Waals surface area (Å²) < 4.78 is 44.2. The Bertz CT molecular complexity index is 886. The van der Waals surface area contributed by atoms with Crippen molar-refractivity contribution in [1.82, 2.24) is 9.97 Å². The predicted molar refractivity (Wildman–Crippen MR) is 95.5 cm³/mol. The molecule has 1 aromatic heterocycles. The summed E-state index contributed by atoms with van der Waals surface area (Å²) in [4.78, 5) is 6.95. The van der Waals surface area contributed by atoms with Gasteiger partial charge in [0.25, 0.3) is 0 Å². The van der Waals surface area contributed by atoms with Crippen LogP contribution in [0.1, 0.15) is 11.3 Å². The summed E-state index contributed by atoms with van der Waals surface area (Å²) in [6.45, 7) is -0.572. The monoisotopic (exact) mass is 409 g/mol. The van der Waals surface area contributed by atoms with Crippen molar-refractivity contribution in [2.24, 2.45) is 0 Å². The van der Waals surface area contributed by atoms with Crippen molar-refractivity contribution in [3.05, 3.63) is 54.0 Å². The van der Waals surface area contributed by atoms with Crippen molar-refractivity contribution < 1.29 is 33.2 Å². The molecule has 10 heteroatoms. The average Bonchev–Trinajstić information content (AvgIpc) is 2.71. The van der Waals surface area contributed by atoms with E-state index < -0.39 is 48.9 Å². The Morgan fingerprint density at radius 3 is 2.48 bits per heavy atom. The minimum absolute atomic E-state index is 0.270. The summed E-state index contributed by atoms with van der Waals surface area (Å²) in [5.74, 6) is 5.35. The van der Waals surface area contributed by atoms with Crippen LogP contribution >= 0.6 is 0 Å². The van der Waals surface area contributed by atoms with Gasteiger partial charge in [-0.05, 0) is 12.1 Å². The van der Waals surface area contributed by atoms with E-state index in [1.807, 2.05) is 0 Å². The number of benzene rings is 1. The Hall–Kier alpha value is -2.71. The van der Waals surface area contributed by atoms with Crippen LogP contribution in [0.25, 0.3) is 0 Å². The molecule has 1 saturated heterocycles. The Morgan fingerprint density at radius 2 is 1.83 bits per heavy atom. The van der Waals surface area contributed by atoms with Crippen LogP contribution in [0.3, 0.4) is 0 Å². The van der Waals surface area contributed by atoms with Gasteiger partial charge >= 0.3 is 6.18 Å². The molecular formula is C19H18F3N3O4. The quantitative estimate of drug-likeness (QED) is 0.556. The second-order valence-electron chi connectivity index (χ2n) is 6.35. The number of hydrogen-bond acceptors (Lipinski definition) is 7. The zero-order chi connectivity index (χ0) is 21.0. The highest BCUT2D eigenvalue weighted by Gasteiger charge is 2.44. The number of hydrogen-bond donors (Lipinski definition) is 4. The molecule has 5 atom stereocenters. The fourth-order valence-electron chi connectivity index (χ4n) is 2.82. The number of rotatable bonds is 3. The molecule has 0 radical (unpaired) electrons. The van der Waals surface area contributed by atoms with E-state index in [9.17, 15) is 28.5 Å². The van der Waals surface area contributed by atoms with Crippen LogP contribution in [0.5, 0.6) is 0 Å². The number of nitrogens with one attached hydrogen (secondary N) is 1. The lowest BCUT2D eigenvalue weighted by Crippen LogP contribution is -2.60. The Labute approximate surface area is 164 Å². The molecule has 0 amide bonds. The van der Waals surface area contributed by atoms with Crippen LogP contribution in [0.4, 0.5) is 19.0 Å². The van der Waals surface area contributed by atoms with Gasteiger partial charge in [-0.2, -0.15) is 13.2 Å². The van der Waals surface area contributed by atoms with Gasteiger partial charge in [-0.15, -0.1) is 0 Å². The van der Waals surface area contributed by atoms with Crippen LogP contribution in [0.15, 0.2) is 42.7 Å². The maximum atomic E-state index is 12.9. The van der Waals surface area contributed by atoms with E-state index in [4.69, 9.17) is 4.74 Å². The van der Waals surface area contributed by atoms with Crippen molar-refractivity contribution >= 4 is 5.82 Å². The maximum Gasteiger partial charge on any atom is 0.434 e. The van der Waals surface area contributed by atoms with Gasteiger partial charge in [-0.3, -0.25) is 4.98 Å². The first-order chi connectivity index (χ1) is 13.8. The van der Waals surface area contributed by atoms with Gasteiger partial charge in [-0.1, -0.05) is 30.0 Å². The van der Waals surface area contributed by atoms with Crippen molar-refractivity contribution in [3.63, 3.8) is 0 Å². The van der Waals surface area contributed by atoms with Gasteiger partial charge < -0.3 is 25.4 Å². The number of aromatic nitrogens is 2. The molecule has 7 nitrogen and oxygen atoms in total. The standard InChI is InChI=1S/C19H18F3N3O4/c20-19(21,22)14-8-23-9-15(24-14)25-16-12(7-6-11-4-2-1-3-5-11)29-13(10-26)17(27)18(16)28/h1-5,8-9,12-13,16-18,26-28H,10H2,(H,24,25)/t12-,13-,16+,17+,18-/m1/s1. The number of ether oxygens (including phenoxy) is 1. The third-order valence-electron chi connectivity index (χ3n) is 4.30. The summed E-state index contributed by atoms with van der Waals surface area (Å²) in [5, 5.41) is 32.6. The fraction of sp³-hybridized carbons (Fsp3) is 0.368. The third kappa shape index (κ3) is 5.02. The highest BCUT2D eigenvalue weighted by atomic mass is 19.4. The lowest BCUT2D eigenvalue weighted by molar-refractivity contribution is -0.170. The lowest BCUT2D eigenvalue weighted by atomic mass is 9.92. The van der Waals surface area contributed by atoms with E-state index in [-0.39, 0.29) is 5.82 Å². The van der Waals surface area contributed by atoms with Crippen LogP contribution in [-0.4, -0.2) is 62.4 Å². The molecule has 0 unspecified atom stereocenters. The Balaban J connectivity index is 1.89.